The lowest BCUT2D eigenvalue weighted by Crippen LogP contribution is -2.19. The summed E-state index contributed by atoms with van der Waals surface area (Å²) in [7, 11) is 0. The van der Waals surface area contributed by atoms with E-state index in [1.54, 1.807) is 0 Å². The van der Waals surface area contributed by atoms with Crippen molar-refractivity contribution in [3.05, 3.63) is 64.2 Å². The van der Waals surface area contributed by atoms with Gasteiger partial charge in [0.15, 0.2) is 0 Å². The molecule has 140 valence electrons. The second-order valence-corrected chi connectivity index (χ2v) is 7.92. The van der Waals surface area contributed by atoms with Crippen LogP contribution in [0, 0.1) is 6.92 Å². The molecule has 0 aliphatic carbocycles. The van der Waals surface area contributed by atoms with Gasteiger partial charge in [-0.05, 0) is 48.4 Å². The quantitative estimate of drug-likeness (QED) is 0.373. The Morgan fingerprint density at radius 1 is 1.07 bits per heavy atom. The van der Waals surface area contributed by atoms with Crippen molar-refractivity contribution in [2.24, 2.45) is 0 Å². The molecule has 6 nitrogen and oxygen atoms in total. The molecule has 0 aliphatic rings. The lowest BCUT2D eigenvalue weighted by atomic mass is 10.1. The van der Waals surface area contributed by atoms with E-state index in [4.69, 9.17) is 5.73 Å². The van der Waals surface area contributed by atoms with Gasteiger partial charge in [0.1, 0.15) is 17.0 Å². The highest BCUT2D eigenvalue weighted by atomic mass is 79.9. The van der Waals surface area contributed by atoms with Gasteiger partial charge in [-0.1, -0.05) is 28.1 Å². The predicted molar refractivity (Wildman–Crippen MR) is 119 cm³/mol. The highest BCUT2D eigenvalue weighted by molar-refractivity contribution is 9.10. The molecule has 0 bridgehead atoms. The maximum absolute atomic E-state index is 12.2. The largest absolute Gasteiger partial charge is 0.383 e. The molecule has 4 N–H and O–H groups in total. The van der Waals surface area contributed by atoms with Gasteiger partial charge >= 0.3 is 6.03 Å². The summed E-state index contributed by atoms with van der Waals surface area (Å²) < 4.78 is 1.00. The first-order valence-electron chi connectivity index (χ1n) is 8.43. The van der Waals surface area contributed by atoms with E-state index >= 15 is 0 Å². The van der Waals surface area contributed by atoms with Crippen molar-refractivity contribution in [1.82, 2.24) is 9.97 Å². The van der Waals surface area contributed by atoms with Crippen molar-refractivity contribution < 1.29 is 4.79 Å². The van der Waals surface area contributed by atoms with Gasteiger partial charge < -0.3 is 16.4 Å². The number of thiophene rings is 1. The third-order valence-electron chi connectivity index (χ3n) is 4.27. The van der Waals surface area contributed by atoms with E-state index < -0.39 is 0 Å². The number of hydrogen-bond acceptors (Lipinski definition) is 5. The van der Waals surface area contributed by atoms with Crippen LogP contribution < -0.4 is 16.4 Å². The van der Waals surface area contributed by atoms with Crippen LogP contribution >= 0.6 is 27.3 Å². The molecule has 0 aliphatic heterocycles. The molecular formula is C20H16BrN5OS. The number of aryl methyl sites for hydroxylation is 1. The van der Waals surface area contributed by atoms with Crippen molar-refractivity contribution in [1.29, 1.82) is 0 Å². The van der Waals surface area contributed by atoms with Crippen LogP contribution in [-0.2, 0) is 0 Å². The molecule has 2 aromatic carbocycles. The van der Waals surface area contributed by atoms with Crippen LogP contribution in [0.4, 0.5) is 22.0 Å². The fourth-order valence-electron chi connectivity index (χ4n) is 2.86. The van der Waals surface area contributed by atoms with E-state index in [0.717, 1.165) is 37.1 Å². The molecule has 0 saturated heterocycles. The number of halogens is 1. The minimum absolute atomic E-state index is 0.298. The van der Waals surface area contributed by atoms with Crippen LogP contribution in [0.5, 0.6) is 0 Å². The Morgan fingerprint density at radius 3 is 2.54 bits per heavy atom. The summed E-state index contributed by atoms with van der Waals surface area (Å²) in [5.74, 6) is 0.465. The molecule has 0 saturated carbocycles. The summed E-state index contributed by atoms with van der Waals surface area (Å²) >= 11 is 4.98. The molecule has 0 fully saturated rings. The van der Waals surface area contributed by atoms with Gasteiger partial charge in [0.25, 0.3) is 0 Å². The van der Waals surface area contributed by atoms with Crippen LogP contribution in [0.15, 0.2) is 58.6 Å². The molecule has 0 spiro atoms. The van der Waals surface area contributed by atoms with Crippen LogP contribution in [0.3, 0.4) is 0 Å². The van der Waals surface area contributed by atoms with Crippen LogP contribution in [0.1, 0.15) is 5.56 Å². The second-order valence-electron chi connectivity index (χ2n) is 6.21. The number of amides is 2. The number of hydrogen-bond donors (Lipinski definition) is 3. The molecule has 2 amide bonds. The summed E-state index contributed by atoms with van der Waals surface area (Å²) in [6.45, 7) is 1.97. The number of rotatable bonds is 3. The third-order valence-corrected chi connectivity index (χ3v) is 6.05. The predicted octanol–water partition coefficient (Wildman–Crippen LogP) is 5.66. The minimum atomic E-state index is -0.298. The fourth-order valence-corrected chi connectivity index (χ4v) is 4.03. The Labute approximate surface area is 174 Å². The number of fused-ring (bicyclic) bond motifs is 1. The van der Waals surface area contributed by atoms with E-state index in [1.165, 1.54) is 17.7 Å². The number of nitrogen functional groups attached to an aromatic ring is 1. The normalized spacial score (nSPS) is 10.8. The van der Waals surface area contributed by atoms with Crippen molar-refractivity contribution in [2.75, 3.05) is 16.4 Å². The van der Waals surface area contributed by atoms with Crippen LogP contribution in [0.25, 0.3) is 21.3 Å². The lowest BCUT2D eigenvalue weighted by molar-refractivity contribution is 0.262. The number of nitrogens with zero attached hydrogens (tertiary/aromatic N) is 2. The summed E-state index contributed by atoms with van der Waals surface area (Å²) in [5.41, 5.74) is 10.5. The molecular weight excluding hydrogens is 438 g/mol. The Hall–Kier alpha value is -2.97. The number of carbonyl (C=O) groups excluding carboxylic acids is 1. The Kier molecular flexibility index (Phi) is 4.97. The topological polar surface area (TPSA) is 92.9 Å². The van der Waals surface area contributed by atoms with Gasteiger partial charge in [-0.25, -0.2) is 14.8 Å². The minimum Gasteiger partial charge on any atom is -0.383 e. The number of benzene rings is 2. The molecule has 0 radical (unpaired) electrons. The van der Waals surface area contributed by atoms with Crippen molar-refractivity contribution in [2.45, 2.75) is 6.92 Å². The zero-order valence-electron chi connectivity index (χ0n) is 14.9. The van der Waals surface area contributed by atoms with Crippen molar-refractivity contribution in [3.63, 3.8) is 0 Å². The van der Waals surface area contributed by atoms with Gasteiger partial charge in [-0.2, -0.15) is 0 Å². The van der Waals surface area contributed by atoms with E-state index in [1.807, 2.05) is 54.8 Å². The Balaban J connectivity index is 1.50. The van der Waals surface area contributed by atoms with Gasteiger partial charge in [0.2, 0.25) is 0 Å². The van der Waals surface area contributed by atoms with Gasteiger partial charge in [0.05, 0.1) is 5.39 Å². The number of urea groups is 1. The van der Waals surface area contributed by atoms with E-state index in [2.05, 4.69) is 36.5 Å². The maximum atomic E-state index is 12.2. The van der Waals surface area contributed by atoms with E-state index in [9.17, 15) is 4.79 Å². The highest BCUT2D eigenvalue weighted by Crippen LogP contribution is 2.35. The number of nitrogens with one attached hydrogen (secondary N) is 2. The number of nitrogens with two attached hydrogens (primary N) is 1. The molecule has 8 heteroatoms. The second kappa shape index (κ2) is 7.57. The van der Waals surface area contributed by atoms with Crippen molar-refractivity contribution >= 4 is 60.7 Å². The average molecular weight is 454 g/mol. The van der Waals surface area contributed by atoms with Crippen LogP contribution in [0.2, 0.25) is 0 Å². The molecule has 2 aromatic heterocycles. The Morgan fingerprint density at radius 2 is 1.79 bits per heavy atom. The lowest BCUT2D eigenvalue weighted by Gasteiger charge is -2.09. The third kappa shape index (κ3) is 3.69. The van der Waals surface area contributed by atoms with Crippen molar-refractivity contribution in [3.8, 4) is 11.1 Å². The summed E-state index contributed by atoms with van der Waals surface area (Å²) in [6.07, 6.45) is 1.47. The highest BCUT2D eigenvalue weighted by Gasteiger charge is 2.11. The first-order chi connectivity index (χ1) is 13.5. The zero-order valence-corrected chi connectivity index (χ0v) is 17.3. The summed E-state index contributed by atoms with van der Waals surface area (Å²) in [4.78, 5) is 21.4. The molecule has 28 heavy (non-hydrogen) atoms. The number of carbonyl (C=O) groups is 1. The first-order valence-corrected chi connectivity index (χ1v) is 10.1. The summed E-state index contributed by atoms with van der Waals surface area (Å²) in [5, 5.41) is 8.54. The standard InChI is InChI=1S/C20H16BrN5OS/c1-11-8-14(6-7-16(11)21)26-20(27)25-13-4-2-12(3-5-13)15-9-28-19-17(15)18(22)23-10-24-19/h2-10H,1H3,(H2,22,23,24)(H2,25,26,27). The average Bonchev–Trinajstić information content (AvgIpc) is 3.11. The first kappa shape index (κ1) is 18.4. The van der Waals surface area contributed by atoms with Gasteiger partial charge in [-0.15, -0.1) is 11.3 Å². The van der Waals surface area contributed by atoms with Gasteiger partial charge in [0, 0.05) is 26.8 Å². The number of aromatic nitrogens is 2. The number of anilines is 3. The van der Waals surface area contributed by atoms with Crippen LogP contribution in [-0.4, -0.2) is 16.0 Å². The molecule has 0 unspecified atom stereocenters. The zero-order chi connectivity index (χ0) is 19.7. The van der Waals surface area contributed by atoms with Gasteiger partial charge in [-0.3, -0.25) is 0 Å². The monoisotopic (exact) mass is 453 g/mol. The molecule has 0 atom stereocenters. The SMILES string of the molecule is Cc1cc(NC(=O)Nc2ccc(-c3csc4ncnc(N)c34)cc2)ccc1Br. The van der Waals surface area contributed by atoms with E-state index in [-0.39, 0.29) is 6.03 Å². The smallest absolute Gasteiger partial charge is 0.323 e. The molecule has 4 rings (SSSR count). The Bertz CT molecular complexity index is 1170. The molecule has 4 aromatic rings. The van der Waals surface area contributed by atoms with E-state index in [0.29, 0.717) is 11.5 Å². The molecule has 2 heterocycles. The summed E-state index contributed by atoms with van der Waals surface area (Å²) in [6, 6.07) is 12.9. The maximum Gasteiger partial charge on any atom is 0.323 e. The fraction of sp³-hybridized carbons (Fsp3) is 0.0500.